The van der Waals surface area contributed by atoms with E-state index in [1.165, 1.54) is 31.6 Å². The molecule has 0 saturated carbocycles. The molecule has 6 heteroatoms. The summed E-state index contributed by atoms with van der Waals surface area (Å²) in [7, 11) is 4.41. The number of imidazole rings is 1. The highest BCUT2D eigenvalue weighted by Gasteiger charge is 2.25. The second kappa shape index (κ2) is 6.34. The molecule has 0 aromatic carbocycles. The Morgan fingerprint density at radius 1 is 1.43 bits per heavy atom. The normalized spacial score (nSPS) is 17.7. The third kappa shape index (κ3) is 2.93. The van der Waals surface area contributed by atoms with Gasteiger partial charge in [-0.05, 0) is 39.5 Å². The van der Waals surface area contributed by atoms with Crippen molar-refractivity contribution in [2.75, 3.05) is 38.6 Å². The zero-order valence-electron chi connectivity index (χ0n) is 13.2. The summed E-state index contributed by atoms with van der Waals surface area (Å²) in [6, 6.07) is 0.603. The monoisotopic (exact) mass is 307 g/mol. The minimum absolute atomic E-state index is 0.603. The van der Waals surface area contributed by atoms with Crippen LogP contribution in [0.3, 0.4) is 0 Å². The van der Waals surface area contributed by atoms with Crippen LogP contribution in [0, 0.1) is 0 Å². The highest BCUT2D eigenvalue weighted by molar-refractivity contribution is 7.15. The second-order valence-electron chi connectivity index (χ2n) is 5.86. The highest BCUT2D eigenvalue weighted by Crippen LogP contribution is 2.27. The molecule has 21 heavy (non-hydrogen) atoms. The molecule has 0 unspecified atom stereocenters. The lowest BCUT2D eigenvalue weighted by Crippen LogP contribution is -2.42. The van der Waals surface area contributed by atoms with Gasteiger partial charge >= 0.3 is 0 Å². The predicted octanol–water partition coefficient (Wildman–Crippen LogP) is 2.04. The molecule has 0 spiro atoms. The molecular weight excluding hydrogens is 282 g/mol. The van der Waals surface area contributed by atoms with Gasteiger partial charge in [0, 0.05) is 31.2 Å². The largest absolute Gasteiger partial charge is 0.355 e. The molecule has 116 valence electrons. The molecular formula is C15H25N5S. The van der Waals surface area contributed by atoms with Gasteiger partial charge < -0.3 is 15.1 Å². The summed E-state index contributed by atoms with van der Waals surface area (Å²) in [6.07, 6.45) is 4.57. The fourth-order valence-corrected chi connectivity index (χ4v) is 3.79. The zero-order chi connectivity index (χ0) is 14.8. The van der Waals surface area contributed by atoms with E-state index in [9.17, 15) is 0 Å². The van der Waals surface area contributed by atoms with Crippen molar-refractivity contribution < 1.29 is 0 Å². The second-order valence-corrected chi connectivity index (χ2v) is 6.74. The summed E-state index contributed by atoms with van der Waals surface area (Å²) in [5.41, 5.74) is 1.29. The molecule has 3 rings (SSSR count). The smallest absolute Gasteiger partial charge is 0.195 e. The molecule has 0 bridgehead atoms. The molecule has 1 saturated heterocycles. The predicted molar refractivity (Wildman–Crippen MR) is 89.4 cm³/mol. The maximum absolute atomic E-state index is 4.87. The van der Waals surface area contributed by atoms with Gasteiger partial charge in [-0.25, -0.2) is 4.98 Å². The van der Waals surface area contributed by atoms with E-state index in [0.717, 1.165) is 23.9 Å². The molecule has 0 atom stereocenters. The SMILES string of the molecule is CCNCc1c(N(C)C2CCN(C)CC2)nc2sccn12. The van der Waals surface area contributed by atoms with Crippen LogP contribution in [-0.2, 0) is 6.54 Å². The maximum atomic E-state index is 4.87. The van der Waals surface area contributed by atoms with E-state index in [0.29, 0.717) is 6.04 Å². The molecule has 2 aromatic rings. The third-order valence-corrected chi connectivity index (χ3v) is 5.21. The molecule has 1 aliphatic rings. The number of aromatic nitrogens is 2. The van der Waals surface area contributed by atoms with E-state index in [-0.39, 0.29) is 0 Å². The van der Waals surface area contributed by atoms with Gasteiger partial charge in [0.25, 0.3) is 0 Å². The van der Waals surface area contributed by atoms with E-state index >= 15 is 0 Å². The average Bonchev–Trinajstić information content (AvgIpc) is 3.06. The first-order valence-corrected chi connectivity index (χ1v) is 8.65. The van der Waals surface area contributed by atoms with Gasteiger partial charge in [-0.1, -0.05) is 6.92 Å². The van der Waals surface area contributed by atoms with Gasteiger partial charge in [0.1, 0.15) is 0 Å². The average molecular weight is 307 g/mol. The van der Waals surface area contributed by atoms with Crippen molar-refractivity contribution in [1.82, 2.24) is 19.6 Å². The third-order valence-electron chi connectivity index (χ3n) is 4.45. The topological polar surface area (TPSA) is 35.8 Å². The number of likely N-dealkylation sites (tertiary alicyclic amines) is 1. The molecule has 1 aliphatic heterocycles. The number of rotatable bonds is 5. The fourth-order valence-electron chi connectivity index (χ4n) is 3.07. The minimum atomic E-state index is 0.603. The van der Waals surface area contributed by atoms with E-state index in [4.69, 9.17) is 4.98 Å². The Labute approximate surface area is 130 Å². The Kier molecular flexibility index (Phi) is 4.47. The van der Waals surface area contributed by atoms with Crippen LogP contribution in [0.5, 0.6) is 0 Å². The van der Waals surface area contributed by atoms with Crippen LogP contribution in [0.1, 0.15) is 25.5 Å². The number of nitrogens with one attached hydrogen (secondary N) is 1. The first-order valence-electron chi connectivity index (χ1n) is 7.77. The van der Waals surface area contributed by atoms with Gasteiger partial charge in [-0.3, -0.25) is 4.40 Å². The van der Waals surface area contributed by atoms with E-state index in [2.05, 4.69) is 52.1 Å². The van der Waals surface area contributed by atoms with Crippen molar-refractivity contribution in [2.45, 2.75) is 32.4 Å². The fraction of sp³-hybridized carbons (Fsp3) is 0.667. The summed E-state index contributed by atoms with van der Waals surface area (Å²) >= 11 is 1.71. The molecule has 2 aromatic heterocycles. The first-order chi connectivity index (χ1) is 10.2. The standard InChI is InChI=1S/C15H25N5S/c1-4-16-11-13-14(17-15-20(13)9-10-21-15)19(3)12-5-7-18(2)8-6-12/h9-10,12,16H,4-8,11H2,1-3H3. The van der Waals surface area contributed by atoms with E-state index < -0.39 is 0 Å². The van der Waals surface area contributed by atoms with Crippen LogP contribution in [0.4, 0.5) is 5.82 Å². The maximum Gasteiger partial charge on any atom is 0.195 e. The number of hydrogen-bond donors (Lipinski definition) is 1. The van der Waals surface area contributed by atoms with Crippen molar-refractivity contribution >= 4 is 22.1 Å². The van der Waals surface area contributed by atoms with Gasteiger partial charge in [-0.15, -0.1) is 11.3 Å². The van der Waals surface area contributed by atoms with Gasteiger partial charge in [-0.2, -0.15) is 0 Å². The first kappa shape index (κ1) is 14.8. The quantitative estimate of drug-likeness (QED) is 0.917. The highest BCUT2D eigenvalue weighted by atomic mass is 32.1. The van der Waals surface area contributed by atoms with Crippen LogP contribution < -0.4 is 10.2 Å². The van der Waals surface area contributed by atoms with E-state index in [1.54, 1.807) is 11.3 Å². The number of nitrogens with zero attached hydrogens (tertiary/aromatic N) is 4. The Bertz CT molecular complexity index is 582. The summed E-state index contributed by atoms with van der Waals surface area (Å²) in [5.74, 6) is 1.15. The number of piperidine rings is 1. The Morgan fingerprint density at radius 2 is 2.19 bits per heavy atom. The minimum Gasteiger partial charge on any atom is -0.355 e. The summed E-state index contributed by atoms with van der Waals surface area (Å²) in [5, 5.41) is 5.56. The molecule has 3 heterocycles. The summed E-state index contributed by atoms with van der Waals surface area (Å²) < 4.78 is 2.23. The van der Waals surface area contributed by atoms with Crippen LogP contribution in [0.25, 0.3) is 4.96 Å². The van der Waals surface area contributed by atoms with Gasteiger partial charge in [0.15, 0.2) is 10.8 Å². The molecule has 5 nitrogen and oxygen atoms in total. The van der Waals surface area contributed by atoms with Gasteiger partial charge in [0.05, 0.1) is 5.69 Å². The van der Waals surface area contributed by atoms with Crippen LogP contribution in [0.15, 0.2) is 11.6 Å². The molecule has 1 N–H and O–H groups in total. The zero-order valence-corrected chi connectivity index (χ0v) is 14.0. The number of fused-ring (bicyclic) bond motifs is 1. The van der Waals surface area contributed by atoms with E-state index in [1.807, 2.05) is 0 Å². The van der Waals surface area contributed by atoms with Crippen molar-refractivity contribution in [3.8, 4) is 0 Å². The molecule has 0 amide bonds. The van der Waals surface area contributed by atoms with Crippen LogP contribution in [-0.4, -0.2) is 54.1 Å². The van der Waals surface area contributed by atoms with Crippen molar-refractivity contribution in [1.29, 1.82) is 0 Å². The van der Waals surface area contributed by atoms with Crippen molar-refractivity contribution in [2.24, 2.45) is 0 Å². The Hall–Kier alpha value is -1.11. The summed E-state index contributed by atoms with van der Waals surface area (Å²) in [4.78, 5) is 10.8. The molecule has 0 aliphatic carbocycles. The molecule has 1 fully saturated rings. The Balaban J connectivity index is 1.85. The number of hydrogen-bond acceptors (Lipinski definition) is 5. The van der Waals surface area contributed by atoms with Gasteiger partial charge in [0.2, 0.25) is 0 Å². The lowest BCUT2D eigenvalue weighted by molar-refractivity contribution is 0.252. The van der Waals surface area contributed by atoms with Crippen LogP contribution >= 0.6 is 11.3 Å². The van der Waals surface area contributed by atoms with Crippen LogP contribution in [0.2, 0.25) is 0 Å². The van der Waals surface area contributed by atoms with Crippen molar-refractivity contribution in [3.63, 3.8) is 0 Å². The Morgan fingerprint density at radius 3 is 2.90 bits per heavy atom. The number of thiazole rings is 1. The van der Waals surface area contributed by atoms with Crippen molar-refractivity contribution in [3.05, 3.63) is 17.3 Å². The molecule has 0 radical (unpaired) electrons. The lowest BCUT2D eigenvalue weighted by Gasteiger charge is -2.35. The summed E-state index contributed by atoms with van der Waals surface area (Å²) in [6.45, 7) is 6.36. The lowest BCUT2D eigenvalue weighted by atomic mass is 10.0. The number of anilines is 1.